The molecule has 1 aliphatic rings. The van der Waals surface area contributed by atoms with Gasteiger partial charge in [0.15, 0.2) is 6.61 Å². The maximum absolute atomic E-state index is 12.5. The zero-order valence-electron chi connectivity index (χ0n) is 12.7. The van der Waals surface area contributed by atoms with Crippen LogP contribution in [0.1, 0.15) is 23.2 Å². The van der Waals surface area contributed by atoms with E-state index < -0.39 is 12.8 Å². The Bertz CT molecular complexity index is 520. The van der Waals surface area contributed by atoms with Gasteiger partial charge in [-0.2, -0.15) is 13.2 Å². The Morgan fingerprint density at radius 2 is 2.09 bits per heavy atom. The smallest absolute Gasteiger partial charge is 0.422 e. The number of carbonyl (C=O) groups is 1. The molecule has 1 heterocycles. The molecule has 4 nitrogen and oxygen atoms in total. The molecule has 0 spiro atoms. The number of nitrogens with one attached hydrogen (secondary N) is 1. The van der Waals surface area contributed by atoms with Crippen molar-refractivity contribution in [3.8, 4) is 5.75 Å². The third kappa shape index (κ3) is 5.58. The van der Waals surface area contributed by atoms with Crippen molar-refractivity contribution in [2.75, 3.05) is 26.7 Å². The lowest BCUT2D eigenvalue weighted by Gasteiger charge is -2.32. The second-order valence-corrected chi connectivity index (χ2v) is 5.32. The third-order valence-electron chi connectivity index (χ3n) is 3.65. The van der Waals surface area contributed by atoms with Gasteiger partial charge in [-0.25, -0.2) is 0 Å². The van der Waals surface area contributed by atoms with Gasteiger partial charge in [-0.15, -0.1) is 12.4 Å². The monoisotopic (exact) mass is 352 g/mol. The number of alkyl halides is 3. The average Bonchev–Trinajstić information content (AvgIpc) is 2.52. The Kier molecular flexibility index (Phi) is 7.15. The molecule has 1 N–H and O–H groups in total. The summed E-state index contributed by atoms with van der Waals surface area (Å²) in [5, 5.41) is 3.21. The molecule has 0 aliphatic carbocycles. The number of hydrogen-bond donors (Lipinski definition) is 1. The molecule has 1 fully saturated rings. The van der Waals surface area contributed by atoms with E-state index in [1.165, 1.54) is 12.1 Å². The van der Waals surface area contributed by atoms with Gasteiger partial charge >= 0.3 is 6.18 Å². The number of piperidine rings is 1. The number of amides is 1. The van der Waals surface area contributed by atoms with Gasteiger partial charge in [0.05, 0.1) is 5.56 Å². The lowest BCUT2D eigenvalue weighted by Crippen LogP contribution is -2.46. The molecule has 1 aromatic rings. The van der Waals surface area contributed by atoms with Crippen molar-refractivity contribution in [1.29, 1.82) is 0 Å². The van der Waals surface area contributed by atoms with E-state index in [2.05, 4.69) is 5.32 Å². The summed E-state index contributed by atoms with van der Waals surface area (Å²) in [7, 11) is 1.67. The number of carbonyl (C=O) groups excluding carboxylic acids is 1. The summed E-state index contributed by atoms with van der Waals surface area (Å²) < 4.78 is 41.7. The molecular formula is C15H20ClF3N2O2. The van der Waals surface area contributed by atoms with Crippen LogP contribution in [0.4, 0.5) is 13.2 Å². The fraction of sp³-hybridized carbons (Fsp3) is 0.533. The van der Waals surface area contributed by atoms with Crippen LogP contribution in [0.3, 0.4) is 0 Å². The quantitative estimate of drug-likeness (QED) is 0.906. The minimum atomic E-state index is -4.44. The molecule has 0 saturated carbocycles. The predicted octanol–water partition coefficient (Wildman–Crippen LogP) is 2.87. The van der Waals surface area contributed by atoms with Crippen molar-refractivity contribution in [1.82, 2.24) is 10.2 Å². The van der Waals surface area contributed by atoms with E-state index in [1.807, 2.05) is 0 Å². The molecule has 0 radical (unpaired) electrons. The van der Waals surface area contributed by atoms with Crippen molar-refractivity contribution in [3.63, 3.8) is 0 Å². The summed E-state index contributed by atoms with van der Waals surface area (Å²) in [6.07, 6.45) is -2.59. The predicted molar refractivity (Wildman–Crippen MR) is 83.2 cm³/mol. The first kappa shape index (κ1) is 19.6. The SMILES string of the molecule is CN(C(=O)c1ccccc1OCC(F)(F)F)C1CCCNC1.Cl. The largest absolute Gasteiger partial charge is 0.483 e. The number of para-hydroxylation sites is 1. The van der Waals surface area contributed by atoms with Crippen LogP contribution < -0.4 is 10.1 Å². The van der Waals surface area contributed by atoms with E-state index in [0.717, 1.165) is 19.4 Å². The van der Waals surface area contributed by atoms with E-state index in [0.29, 0.717) is 6.54 Å². The number of rotatable bonds is 4. The van der Waals surface area contributed by atoms with Gasteiger partial charge in [0, 0.05) is 19.6 Å². The average molecular weight is 353 g/mol. The summed E-state index contributed by atoms with van der Waals surface area (Å²) in [5.41, 5.74) is 0.153. The van der Waals surface area contributed by atoms with E-state index >= 15 is 0 Å². The van der Waals surface area contributed by atoms with Crippen LogP contribution in [-0.2, 0) is 0 Å². The number of nitrogens with zero attached hydrogens (tertiary/aromatic N) is 1. The Hall–Kier alpha value is -1.47. The summed E-state index contributed by atoms with van der Waals surface area (Å²) in [6.45, 7) is 0.198. The van der Waals surface area contributed by atoms with Gasteiger partial charge in [0.25, 0.3) is 5.91 Å². The van der Waals surface area contributed by atoms with Gasteiger partial charge in [-0.1, -0.05) is 12.1 Å². The van der Waals surface area contributed by atoms with Crippen molar-refractivity contribution >= 4 is 18.3 Å². The van der Waals surface area contributed by atoms with Crippen molar-refractivity contribution < 1.29 is 22.7 Å². The van der Waals surface area contributed by atoms with Crippen LogP contribution in [0.2, 0.25) is 0 Å². The van der Waals surface area contributed by atoms with E-state index in [4.69, 9.17) is 4.74 Å². The van der Waals surface area contributed by atoms with Gasteiger partial charge in [-0.05, 0) is 31.5 Å². The van der Waals surface area contributed by atoms with Gasteiger partial charge in [0.1, 0.15) is 5.75 Å². The third-order valence-corrected chi connectivity index (χ3v) is 3.65. The highest BCUT2D eigenvalue weighted by molar-refractivity contribution is 5.97. The molecular weight excluding hydrogens is 333 g/mol. The van der Waals surface area contributed by atoms with Crippen molar-refractivity contribution in [2.24, 2.45) is 0 Å². The van der Waals surface area contributed by atoms with Crippen molar-refractivity contribution in [3.05, 3.63) is 29.8 Å². The van der Waals surface area contributed by atoms with Gasteiger partial charge in [0.2, 0.25) is 0 Å². The Balaban J connectivity index is 0.00000264. The van der Waals surface area contributed by atoms with Crippen LogP contribution in [-0.4, -0.2) is 49.8 Å². The molecule has 130 valence electrons. The number of benzene rings is 1. The maximum atomic E-state index is 12.5. The molecule has 1 saturated heterocycles. The second kappa shape index (κ2) is 8.40. The number of ether oxygens (including phenoxy) is 1. The number of halogens is 4. The minimum absolute atomic E-state index is 0. The highest BCUT2D eigenvalue weighted by atomic mass is 35.5. The summed E-state index contributed by atoms with van der Waals surface area (Å²) >= 11 is 0. The zero-order chi connectivity index (χ0) is 16.2. The molecule has 1 atom stereocenters. The summed E-state index contributed by atoms with van der Waals surface area (Å²) in [4.78, 5) is 14.1. The molecule has 1 unspecified atom stereocenters. The van der Waals surface area contributed by atoms with Gasteiger partial charge < -0.3 is 15.0 Å². The summed E-state index contributed by atoms with van der Waals surface area (Å²) in [5.74, 6) is -0.369. The van der Waals surface area contributed by atoms with E-state index in [9.17, 15) is 18.0 Å². The van der Waals surface area contributed by atoms with Crippen LogP contribution in [0, 0.1) is 0 Å². The van der Waals surface area contributed by atoms with Crippen LogP contribution >= 0.6 is 12.4 Å². The molecule has 1 aliphatic heterocycles. The first-order valence-electron chi connectivity index (χ1n) is 7.15. The standard InChI is InChI=1S/C15H19F3N2O2.ClH/c1-20(11-5-4-8-19-9-11)14(21)12-6-2-3-7-13(12)22-10-15(16,17)18;/h2-3,6-7,11,19H,4-5,8-10H2,1H3;1H. The van der Waals surface area contributed by atoms with E-state index in [-0.39, 0.29) is 35.7 Å². The maximum Gasteiger partial charge on any atom is 0.422 e. The Labute approximate surface area is 139 Å². The number of hydrogen-bond acceptors (Lipinski definition) is 3. The first-order chi connectivity index (χ1) is 10.4. The Morgan fingerprint density at radius 1 is 1.39 bits per heavy atom. The molecule has 0 bridgehead atoms. The molecule has 2 rings (SSSR count). The fourth-order valence-electron chi connectivity index (χ4n) is 2.45. The van der Waals surface area contributed by atoms with Crippen LogP contribution in [0.5, 0.6) is 5.75 Å². The van der Waals surface area contributed by atoms with E-state index in [1.54, 1.807) is 24.1 Å². The van der Waals surface area contributed by atoms with Gasteiger partial charge in [-0.3, -0.25) is 4.79 Å². The topological polar surface area (TPSA) is 41.6 Å². The van der Waals surface area contributed by atoms with Crippen LogP contribution in [0.25, 0.3) is 0 Å². The highest BCUT2D eigenvalue weighted by Crippen LogP contribution is 2.24. The fourth-order valence-corrected chi connectivity index (χ4v) is 2.45. The highest BCUT2D eigenvalue weighted by Gasteiger charge is 2.30. The molecule has 1 aromatic carbocycles. The van der Waals surface area contributed by atoms with Crippen LogP contribution in [0.15, 0.2) is 24.3 Å². The Morgan fingerprint density at radius 3 is 2.70 bits per heavy atom. The minimum Gasteiger partial charge on any atom is -0.483 e. The molecule has 1 amide bonds. The molecule has 23 heavy (non-hydrogen) atoms. The number of likely N-dealkylation sites (N-methyl/N-ethyl adjacent to an activating group) is 1. The molecule has 0 aromatic heterocycles. The molecule has 8 heteroatoms. The normalized spacial score (nSPS) is 18.0. The first-order valence-corrected chi connectivity index (χ1v) is 7.15. The lowest BCUT2D eigenvalue weighted by molar-refractivity contribution is -0.153. The lowest BCUT2D eigenvalue weighted by atomic mass is 10.0. The summed E-state index contributed by atoms with van der Waals surface area (Å²) in [6, 6.07) is 6.06. The second-order valence-electron chi connectivity index (χ2n) is 5.32. The zero-order valence-corrected chi connectivity index (χ0v) is 13.5. The van der Waals surface area contributed by atoms with Crippen molar-refractivity contribution in [2.45, 2.75) is 25.1 Å².